The van der Waals surface area contributed by atoms with Crippen LogP contribution >= 0.6 is 0 Å². The van der Waals surface area contributed by atoms with Gasteiger partial charge in [0.2, 0.25) is 0 Å². The summed E-state index contributed by atoms with van der Waals surface area (Å²) in [6, 6.07) is 0. The van der Waals surface area contributed by atoms with Gasteiger partial charge in [-0.05, 0) is 5.92 Å². The Morgan fingerprint density at radius 1 is 0.647 bits per heavy atom. The third-order valence-corrected chi connectivity index (χ3v) is 4.44. The second kappa shape index (κ2) is 11.1. The Morgan fingerprint density at radius 3 is 1.71 bits per heavy atom. The molecule has 0 bridgehead atoms. The average Bonchev–Trinajstić information content (AvgIpc) is 2.40. The molecule has 0 nitrogen and oxygen atoms in total. The van der Waals surface area contributed by atoms with Crippen molar-refractivity contribution in [3.63, 3.8) is 0 Å². The van der Waals surface area contributed by atoms with E-state index in [1.807, 2.05) is 0 Å². The Kier molecular flexibility index (Phi) is 9.84. The minimum absolute atomic E-state index is 1.07. The molecule has 17 heavy (non-hydrogen) atoms. The number of rotatable bonds is 5. The van der Waals surface area contributed by atoms with Crippen molar-refractivity contribution in [2.24, 2.45) is 5.92 Å². The van der Waals surface area contributed by atoms with Gasteiger partial charge in [-0.25, -0.2) is 0 Å². The molecule has 0 N–H and O–H groups in total. The van der Waals surface area contributed by atoms with Gasteiger partial charge < -0.3 is 0 Å². The van der Waals surface area contributed by atoms with E-state index in [9.17, 15) is 0 Å². The summed E-state index contributed by atoms with van der Waals surface area (Å²) in [6.07, 6.45) is 22.4. The van der Waals surface area contributed by atoms with Gasteiger partial charge in [0.05, 0.1) is 0 Å². The second-order valence-electron chi connectivity index (χ2n) is 6.12. The molecule has 0 saturated heterocycles. The summed E-state index contributed by atoms with van der Waals surface area (Å²) < 4.78 is 0. The van der Waals surface area contributed by atoms with Crippen molar-refractivity contribution in [2.75, 3.05) is 0 Å². The Hall–Kier alpha value is 0. The quantitative estimate of drug-likeness (QED) is 0.480. The van der Waals surface area contributed by atoms with Crippen LogP contribution in [0.2, 0.25) is 0 Å². The Labute approximate surface area is 110 Å². The molecule has 1 aliphatic rings. The van der Waals surface area contributed by atoms with Crippen LogP contribution in [0.15, 0.2) is 0 Å². The van der Waals surface area contributed by atoms with Crippen LogP contribution in [0.5, 0.6) is 0 Å². The molecule has 1 fully saturated rings. The highest BCUT2D eigenvalue weighted by molar-refractivity contribution is 4.62. The maximum atomic E-state index is 2.31. The van der Waals surface area contributed by atoms with E-state index in [4.69, 9.17) is 0 Å². The Bertz CT molecular complexity index is 138. The third-order valence-electron chi connectivity index (χ3n) is 4.44. The summed E-state index contributed by atoms with van der Waals surface area (Å²) in [5.74, 6) is 1.07. The number of hydrogen-bond donors (Lipinski definition) is 0. The average molecular weight is 238 g/mol. The summed E-state index contributed by atoms with van der Waals surface area (Å²) in [5, 5.41) is 0. The monoisotopic (exact) mass is 238 g/mol. The van der Waals surface area contributed by atoms with E-state index in [1.54, 1.807) is 0 Å². The van der Waals surface area contributed by atoms with Gasteiger partial charge in [-0.2, -0.15) is 0 Å². The zero-order valence-electron chi connectivity index (χ0n) is 12.2. The van der Waals surface area contributed by atoms with Crippen LogP contribution in [0, 0.1) is 5.92 Å². The highest BCUT2D eigenvalue weighted by atomic mass is 14.1. The molecule has 102 valence electrons. The lowest BCUT2D eigenvalue weighted by Gasteiger charge is -2.16. The van der Waals surface area contributed by atoms with Crippen LogP contribution in [0.4, 0.5) is 0 Å². The molecule has 0 atom stereocenters. The summed E-state index contributed by atoms with van der Waals surface area (Å²) in [4.78, 5) is 0. The van der Waals surface area contributed by atoms with Crippen LogP contribution in [-0.4, -0.2) is 0 Å². The fourth-order valence-electron chi connectivity index (χ4n) is 3.22. The van der Waals surface area contributed by atoms with Gasteiger partial charge in [0.25, 0.3) is 0 Å². The fraction of sp³-hybridized carbons (Fsp3) is 1.00. The van der Waals surface area contributed by atoms with Crippen LogP contribution in [-0.2, 0) is 0 Å². The van der Waals surface area contributed by atoms with E-state index < -0.39 is 0 Å². The smallest absolute Gasteiger partial charge is 0.0414 e. The molecular weight excluding hydrogens is 204 g/mol. The van der Waals surface area contributed by atoms with Gasteiger partial charge in [0.15, 0.2) is 0 Å². The van der Waals surface area contributed by atoms with Crippen LogP contribution in [0.3, 0.4) is 0 Å². The first-order valence-corrected chi connectivity index (χ1v) is 8.43. The van der Waals surface area contributed by atoms with Crippen molar-refractivity contribution in [2.45, 2.75) is 103 Å². The molecular formula is C17H34. The molecule has 0 aromatic heterocycles. The normalized spacial score (nSPS) is 21.0. The van der Waals surface area contributed by atoms with Crippen LogP contribution in [0.1, 0.15) is 103 Å². The minimum Gasteiger partial charge on any atom is -0.0654 e. The standard InChI is InChI=1S/C17H34/c1-2-3-4-11-14-17-15-12-9-7-5-6-8-10-13-16-17/h17H,2-16H2,1H3. The van der Waals surface area contributed by atoms with Gasteiger partial charge in [0.1, 0.15) is 0 Å². The van der Waals surface area contributed by atoms with Gasteiger partial charge in [-0.3, -0.25) is 0 Å². The van der Waals surface area contributed by atoms with Gasteiger partial charge in [0, 0.05) is 0 Å². The highest BCUT2D eigenvalue weighted by Crippen LogP contribution is 2.25. The van der Waals surface area contributed by atoms with Crippen molar-refractivity contribution in [3.05, 3.63) is 0 Å². The number of hydrogen-bond acceptors (Lipinski definition) is 0. The molecule has 0 aromatic rings. The minimum atomic E-state index is 1.07. The molecule has 1 saturated carbocycles. The number of unbranched alkanes of at least 4 members (excludes halogenated alkanes) is 3. The fourth-order valence-corrected chi connectivity index (χ4v) is 3.22. The molecule has 0 amide bonds. The Balaban J connectivity index is 2.13. The first-order chi connectivity index (χ1) is 8.43. The first kappa shape index (κ1) is 15.1. The molecule has 0 heteroatoms. The topological polar surface area (TPSA) is 0 Å². The van der Waals surface area contributed by atoms with Crippen LogP contribution < -0.4 is 0 Å². The van der Waals surface area contributed by atoms with Crippen LogP contribution in [0.25, 0.3) is 0 Å². The molecule has 0 unspecified atom stereocenters. The molecule has 0 aliphatic heterocycles. The zero-order valence-corrected chi connectivity index (χ0v) is 12.2. The van der Waals surface area contributed by atoms with Crippen molar-refractivity contribution in [1.29, 1.82) is 0 Å². The van der Waals surface area contributed by atoms with Gasteiger partial charge >= 0.3 is 0 Å². The second-order valence-corrected chi connectivity index (χ2v) is 6.12. The summed E-state index contributed by atoms with van der Waals surface area (Å²) >= 11 is 0. The van der Waals surface area contributed by atoms with Crippen molar-refractivity contribution in [1.82, 2.24) is 0 Å². The van der Waals surface area contributed by atoms with E-state index in [2.05, 4.69) is 6.92 Å². The van der Waals surface area contributed by atoms with E-state index in [0.29, 0.717) is 0 Å². The predicted molar refractivity (Wildman–Crippen MR) is 78.4 cm³/mol. The zero-order chi connectivity index (χ0) is 12.2. The summed E-state index contributed by atoms with van der Waals surface area (Å²) in [5.41, 5.74) is 0. The Morgan fingerprint density at radius 2 is 1.18 bits per heavy atom. The lowest BCUT2D eigenvalue weighted by Crippen LogP contribution is -2.01. The van der Waals surface area contributed by atoms with Crippen molar-refractivity contribution >= 4 is 0 Å². The van der Waals surface area contributed by atoms with Crippen molar-refractivity contribution < 1.29 is 0 Å². The van der Waals surface area contributed by atoms with Gasteiger partial charge in [-0.1, -0.05) is 103 Å². The largest absolute Gasteiger partial charge is 0.0654 e. The SMILES string of the molecule is CCCCCCC1CCCCCCCCCC1. The molecule has 0 aromatic carbocycles. The lowest BCUT2D eigenvalue weighted by molar-refractivity contribution is 0.374. The third kappa shape index (κ3) is 8.69. The van der Waals surface area contributed by atoms with E-state index in [-0.39, 0.29) is 0 Å². The molecule has 0 heterocycles. The maximum absolute atomic E-state index is 2.31. The van der Waals surface area contributed by atoms with E-state index in [1.165, 1.54) is 96.3 Å². The first-order valence-electron chi connectivity index (χ1n) is 8.43. The highest BCUT2D eigenvalue weighted by Gasteiger charge is 2.09. The summed E-state index contributed by atoms with van der Waals surface area (Å²) in [7, 11) is 0. The molecule has 0 radical (unpaired) electrons. The molecule has 1 rings (SSSR count). The van der Waals surface area contributed by atoms with E-state index in [0.717, 1.165) is 5.92 Å². The predicted octanol–water partition coefficient (Wildman–Crippen LogP) is 6.49. The van der Waals surface area contributed by atoms with Gasteiger partial charge in [-0.15, -0.1) is 0 Å². The molecule has 0 spiro atoms. The summed E-state index contributed by atoms with van der Waals surface area (Å²) in [6.45, 7) is 2.31. The maximum Gasteiger partial charge on any atom is -0.0414 e. The van der Waals surface area contributed by atoms with Crippen molar-refractivity contribution in [3.8, 4) is 0 Å². The molecule has 1 aliphatic carbocycles. The van der Waals surface area contributed by atoms with E-state index >= 15 is 0 Å². The lowest BCUT2D eigenvalue weighted by atomic mass is 9.90.